The standard InChI is InChI=1S/C17H18N/c1-3-9-15(10-4-1)17(18-13-7-8-14-18)16-11-5-2-6-12-16/h1,3-6,9-12,17H,7-8,13-14H2. The van der Waals surface area contributed by atoms with E-state index in [2.05, 4.69) is 53.4 Å². The van der Waals surface area contributed by atoms with Crippen molar-refractivity contribution in [3.63, 3.8) is 0 Å². The Kier molecular flexibility index (Phi) is 3.42. The van der Waals surface area contributed by atoms with Gasteiger partial charge in [-0.25, -0.2) is 0 Å². The maximum absolute atomic E-state index is 3.11. The first-order valence-electron chi connectivity index (χ1n) is 6.70. The summed E-state index contributed by atoms with van der Waals surface area (Å²) in [4.78, 5) is 2.59. The third-order valence-electron chi connectivity index (χ3n) is 3.68. The molecule has 1 aliphatic rings. The van der Waals surface area contributed by atoms with Crippen LogP contribution in [0.1, 0.15) is 30.0 Å². The molecule has 1 atom stereocenters. The fourth-order valence-electron chi connectivity index (χ4n) is 2.83. The van der Waals surface area contributed by atoms with Crippen LogP contribution >= 0.6 is 0 Å². The molecule has 0 N–H and O–H groups in total. The average molecular weight is 236 g/mol. The van der Waals surface area contributed by atoms with Gasteiger partial charge in [0.1, 0.15) is 0 Å². The Labute approximate surface area is 109 Å². The number of hydrogen-bond acceptors (Lipinski definition) is 1. The molecule has 1 unspecified atom stereocenters. The highest BCUT2D eigenvalue weighted by Gasteiger charge is 2.24. The molecule has 1 heterocycles. The van der Waals surface area contributed by atoms with Gasteiger partial charge in [-0.3, -0.25) is 4.90 Å². The maximum atomic E-state index is 3.11. The topological polar surface area (TPSA) is 3.24 Å². The van der Waals surface area contributed by atoms with Gasteiger partial charge in [0, 0.05) is 0 Å². The molecule has 1 radical (unpaired) electrons. The summed E-state index contributed by atoms with van der Waals surface area (Å²) in [5, 5.41) is 0. The van der Waals surface area contributed by atoms with Gasteiger partial charge in [0.25, 0.3) is 0 Å². The maximum Gasteiger partial charge on any atom is 0.0601 e. The van der Waals surface area contributed by atoms with Gasteiger partial charge in [-0.2, -0.15) is 0 Å². The summed E-state index contributed by atoms with van der Waals surface area (Å²) in [6, 6.07) is 22.8. The van der Waals surface area contributed by atoms with Crippen LogP contribution in [-0.2, 0) is 0 Å². The van der Waals surface area contributed by atoms with Gasteiger partial charge in [-0.1, -0.05) is 54.6 Å². The van der Waals surface area contributed by atoms with Crippen molar-refractivity contribution in [3.05, 3.63) is 71.8 Å². The first kappa shape index (κ1) is 11.5. The lowest BCUT2D eigenvalue weighted by molar-refractivity contribution is 0.281. The van der Waals surface area contributed by atoms with Crippen molar-refractivity contribution >= 4 is 0 Å². The molecule has 1 nitrogen and oxygen atoms in total. The van der Waals surface area contributed by atoms with Gasteiger partial charge in [0.2, 0.25) is 0 Å². The second-order valence-corrected chi connectivity index (χ2v) is 4.89. The van der Waals surface area contributed by atoms with E-state index >= 15 is 0 Å². The van der Waals surface area contributed by atoms with Crippen LogP contribution in [0, 0.1) is 6.07 Å². The van der Waals surface area contributed by atoms with E-state index in [1.54, 1.807) is 0 Å². The summed E-state index contributed by atoms with van der Waals surface area (Å²) >= 11 is 0. The lowest BCUT2D eigenvalue weighted by Gasteiger charge is -2.28. The Hall–Kier alpha value is -1.60. The van der Waals surface area contributed by atoms with Crippen LogP contribution in [0.5, 0.6) is 0 Å². The summed E-state index contributed by atoms with van der Waals surface area (Å²) in [7, 11) is 0. The van der Waals surface area contributed by atoms with Crippen molar-refractivity contribution in [2.45, 2.75) is 18.9 Å². The van der Waals surface area contributed by atoms with Crippen LogP contribution in [-0.4, -0.2) is 18.0 Å². The van der Waals surface area contributed by atoms with E-state index in [1.807, 2.05) is 12.1 Å². The lowest BCUT2D eigenvalue weighted by atomic mass is 9.97. The second kappa shape index (κ2) is 5.36. The molecular formula is C17H18N. The van der Waals surface area contributed by atoms with Gasteiger partial charge >= 0.3 is 0 Å². The lowest BCUT2D eigenvalue weighted by Crippen LogP contribution is -2.26. The third-order valence-corrected chi connectivity index (χ3v) is 3.68. The number of likely N-dealkylation sites (tertiary alicyclic amines) is 1. The third kappa shape index (κ3) is 2.32. The molecule has 1 fully saturated rings. The molecule has 1 heteroatoms. The van der Waals surface area contributed by atoms with Crippen LogP contribution in [0.3, 0.4) is 0 Å². The van der Waals surface area contributed by atoms with Crippen LogP contribution < -0.4 is 0 Å². The molecule has 91 valence electrons. The molecule has 2 aromatic carbocycles. The predicted octanol–water partition coefficient (Wildman–Crippen LogP) is 3.67. The van der Waals surface area contributed by atoms with Gasteiger partial charge < -0.3 is 0 Å². The molecule has 0 bridgehead atoms. The van der Waals surface area contributed by atoms with E-state index < -0.39 is 0 Å². The van der Waals surface area contributed by atoms with Crippen LogP contribution in [0.15, 0.2) is 54.6 Å². The molecule has 2 aromatic rings. The van der Waals surface area contributed by atoms with E-state index in [-0.39, 0.29) is 0 Å². The first-order chi connectivity index (χ1) is 8.95. The van der Waals surface area contributed by atoms with Crippen LogP contribution in [0.4, 0.5) is 0 Å². The quantitative estimate of drug-likeness (QED) is 0.786. The molecular weight excluding hydrogens is 218 g/mol. The van der Waals surface area contributed by atoms with Crippen molar-refractivity contribution in [2.24, 2.45) is 0 Å². The van der Waals surface area contributed by atoms with E-state index in [4.69, 9.17) is 0 Å². The number of benzene rings is 2. The normalized spacial score (nSPS) is 16.3. The molecule has 1 saturated heterocycles. The highest BCUT2D eigenvalue weighted by Crippen LogP contribution is 2.31. The van der Waals surface area contributed by atoms with Gasteiger partial charge in [0.15, 0.2) is 0 Å². The fraction of sp³-hybridized carbons (Fsp3) is 0.294. The summed E-state index contributed by atoms with van der Waals surface area (Å²) in [6.45, 7) is 2.41. The van der Waals surface area contributed by atoms with Gasteiger partial charge in [-0.05, 0) is 43.1 Å². The number of nitrogens with zero attached hydrogens (tertiary/aromatic N) is 1. The number of hydrogen-bond donors (Lipinski definition) is 0. The summed E-state index contributed by atoms with van der Waals surface area (Å²) in [5.41, 5.74) is 2.77. The molecule has 0 amide bonds. The monoisotopic (exact) mass is 236 g/mol. The zero-order valence-corrected chi connectivity index (χ0v) is 10.5. The van der Waals surface area contributed by atoms with Crippen molar-refractivity contribution in [1.29, 1.82) is 0 Å². The summed E-state index contributed by atoms with van der Waals surface area (Å²) < 4.78 is 0. The largest absolute Gasteiger partial charge is 0.292 e. The Bertz CT molecular complexity index is 432. The molecule has 0 spiro atoms. The minimum Gasteiger partial charge on any atom is -0.292 e. The zero-order chi connectivity index (χ0) is 12.2. The molecule has 1 aliphatic heterocycles. The van der Waals surface area contributed by atoms with Crippen molar-refractivity contribution in [3.8, 4) is 0 Å². The minimum absolute atomic E-state index is 0.406. The predicted molar refractivity (Wildman–Crippen MR) is 74.4 cm³/mol. The Morgan fingerprint density at radius 2 is 1.44 bits per heavy atom. The molecule has 0 aliphatic carbocycles. The molecule has 18 heavy (non-hydrogen) atoms. The van der Waals surface area contributed by atoms with E-state index in [9.17, 15) is 0 Å². The van der Waals surface area contributed by atoms with E-state index in [0.29, 0.717) is 6.04 Å². The van der Waals surface area contributed by atoms with Crippen LogP contribution in [0.2, 0.25) is 0 Å². The van der Waals surface area contributed by atoms with Crippen LogP contribution in [0.25, 0.3) is 0 Å². The molecule has 3 rings (SSSR count). The van der Waals surface area contributed by atoms with E-state index in [1.165, 1.54) is 37.1 Å². The average Bonchev–Trinajstić information content (AvgIpc) is 2.95. The Morgan fingerprint density at radius 1 is 0.833 bits per heavy atom. The minimum atomic E-state index is 0.406. The highest BCUT2D eigenvalue weighted by atomic mass is 15.2. The second-order valence-electron chi connectivity index (χ2n) is 4.89. The van der Waals surface area contributed by atoms with Crippen molar-refractivity contribution in [1.82, 2.24) is 4.90 Å². The zero-order valence-electron chi connectivity index (χ0n) is 10.5. The van der Waals surface area contributed by atoms with Crippen molar-refractivity contribution in [2.75, 3.05) is 13.1 Å². The summed E-state index contributed by atoms with van der Waals surface area (Å²) in [5.74, 6) is 0. The molecule has 0 saturated carbocycles. The first-order valence-corrected chi connectivity index (χ1v) is 6.70. The van der Waals surface area contributed by atoms with Crippen molar-refractivity contribution < 1.29 is 0 Å². The fourth-order valence-corrected chi connectivity index (χ4v) is 2.83. The molecule has 0 aromatic heterocycles. The number of rotatable bonds is 3. The van der Waals surface area contributed by atoms with Gasteiger partial charge in [0.05, 0.1) is 6.04 Å². The highest BCUT2D eigenvalue weighted by molar-refractivity contribution is 5.31. The smallest absolute Gasteiger partial charge is 0.0601 e. The Morgan fingerprint density at radius 3 is 2.11 bits per heavy atom. The Balaban J connectivity index is 1.98. The van der Waals surface area contributed by atoms with E-state index in [0.717, 1.165) is 0 Å². The van der Waals surface area contributed by atoms with Gasteiger partial charge in [-0.15, -0.1) is 0 Å². The SMILES string of the molecule is [c]1ccc(C(c2ccccc2)N2CCCC2)cc1. The summed E-state index contributed by atoms with van der Waals surface area (Å²) in [6.07, 6.45) is 2.64.